The minimum Gasteiger partial charge on any atom is -0.497 e. The average molecular weight is 341 g/mol. The van der Waals surface area contributed by atoms with E-state index in [4.69, 9.17) is 13.9 Å². The van der Waals surface area contributed by atoms with E-state index in [2.05, 4.69) is 29.8 Å². The Hall–Kier alpha value is -2.68. The normalized spacial score (nSPS) is 20.2. The van der Waals surface area contributed by atoms with Crippen LogP contribution in [0.3, 0.4) is 0 Å². The van der Waals surface area contributed by atoms with Crippen LogP contribution in [-0.4, -0.2) is 25.2 Å². The van der Waals surface area contributed by atoms with E-state index in [1.165, 1.54) is 6.42 Å². The molecule has 0 spiro atoms. The topological polar surface area (TPSA) is 71.5 Å². The van der Waals surface area contributed by atoms with Gasteiger partial charge >= 0.3 is 0 Å². The van der Waals surface area contributed by atoms with E-state index >= 15 is 0 Å². The number of rotatable bonds is 5. The summed E-state index contributed by atoms with van der Waals surface area (Å²) in [5.41, 5.74) is 0.328. The zero-order valence-corrected chi connectivity index (χ0v) is 14.9. The molecule has 2 aromatic rings. The first-order valence-electron chi connectivity index (χ1n) is 8.50. The highest BCUT2D eigenvalue weighted by Crippen LogP contribution is 2.29. The highest BCUT2D eigenvalue weighted by molar-refractivity contribution is 5.48. The fraction of sp³-hybridized carbons (Fsp3) is 0.474. The molecule has 2 atom stereocenters. The van der Waals surface area contributed by atoms with Gasteiger partial charge in [-0.3, -0.25) is 0 Å². The average Bonchev–Trinajstić information content (AvgIpc) is 3.03. The van der Waals surface area contributed by atoms with Crippen molar-refractivity contribution in [3.8, 4) is 17.6 Å². The summed E-state index contributed by atoms with van der Waals surface area (Å²) in [5.74, 6) is 3.58. The number of piperidine rings is 1. The molecular formula is C19H23N3O3. The molecule has 0 unspecified atom stereocenters. The van der Waals surface area contributed by atoms with E-state index in [9.17, 15) is 5.26 Å². The van der Waals surface area contributed by atoms with Gasteiger partial charge in [0.25, 0.3) is 0 Å². The number of hydrogen-bond acceptors (Lipinski definition) is 6. The summed E-state index contributed by atoms with van der Waals surface area (Å²) in [6.45, 7) is 6.39. The van der Waals surface area contributed by atoms with Crippen LogP contribution < -0.4 is 14.4 Å². The molecule has 1 aliphatic heterocycles. The molecule has 0 aliphatic carbocycles. The third kappa shape index (κ3) is 4.05. The van der Waals surface area contributed by atoms with Gasteiger partial charge in [-0.25, -0.2) is 0 Å². The monoisotopic (exact) mass is 341 g/mol. The molecule has 0 N–H and O–H groups in total. The van der Waals surface area contributed by atoms with Gasteiger partial charge in [0, 0.05) is 13.1 Å². The molecule has 1 saturated heterocycles. The second-order valence-corrected chi connectivity index (χ2v) is 6.69. The van der Waals surface area contributed by atoms with E-state index in [1.54, 1.807) is 7.11 Å². The van der Waals surface area contributed by atoms with Crippen LogP contribution in [0.4, 0.5) is 5.88 Å². The van der Waals surface area contributed by atoms with E-state index in [0.717, 1.165) is 18.8 Å². The molecule has 0 bridgehead atoms. The minimum atomic E-state index is 0.181. The lowest BCUT2D eigenvalue weighted by Gasteiger charge is -2.34. The van der Waals surface area contributed by atoms with Crippen molar-refractivity contribution in [2.24, 2.45) is 11.8 Å². The van der Waals surface area contributed by atoms with Gasteiger partial charge in [-0.15, -0.1) is 0 Å². The highest BCUT2D eigenvalue weighted by atomic mass is 16.5. The molecule has 1 aromatic carbocycles. The smallest absolute Gasteiger partial charge is 0.236 e. The quantitative estimate of drug-likeness (QED) is 0.827. The molecule has 6 heteroatoms. The van der Waals surface area contributed by atoms with Crippen molar-refractivity contribution in [1.29, 1.82) is 5.26 Å². The second kappa shape index (κ2) is 7.47. The summed E-state index contributed by atoms with van der Waals surface area (Å²) in [7, 11) is 1.62. The van der Waals surface area contributed by atoms with Crippen LogP contribution in [0.2, 0.25) is 0 Å². The first kappa shape index (κ1) is 17.2. The maximum Gasteiger partial charge on any atom is 0.236 e. The van der Waals surface area contributed by atoms with Crippen molar-refractivity contribution in [2.75, 3.05) is 25.1 Å². The number of hydrogen-bond donors (Lipinski definition) is 0. The number of aromatic nitrogens is 1. The number of ether oxygens (including phenoxy) is 2. The van der Waals surface area contributed by atoms with Crippen molar-refractivity contribution in [1.82, 2.24) is 4.98 Å². The third-order valence-electron chi connectivity index (χ3n) is 4.34. The standard InChI is InChI=1S/C19H23N3O3/c1-13-8-14(2)11-22(10-13)19-17(9-20)21-18(25-19)12-24-16-6-4-15(23-3)5-7-16/h4-7,13-14H,8,10-12H2,1-3H3/t13-,14-/m1/s1. The van der Waals surface area contributed by atoms with Gasteiger partial charge in [0.2, 0.25) is 17.5 Å². The van der Waals surface area contributed by atoms with E-state index in [0.29, 0.717) is 35.1 Å². The van der Waals surface area contributed by atoms with Gasteiger partial charge in [-0.05, 0) is 42.5 Å². The van der Waals surface area contributed by atoms with Crippen molar-refractivity contribution in [3.63, 3.8) is 0 Å². The van der Waals surface area contributed by atoms with Crippen LogP contribution in [0.1, 0.15) is 31.9 Å². The van der Waals surface area contributed by atoms with Crippen LogP contribution in [0.5, 0.6) is 11.5 Å². The lowest BCUT2D eigenvalue weighted by Crippen LogP contribution is -2.38. The van der Waals surface area contributed by atoms with Crippen LogP contribution in [0.25, 0.3) is 0 Å². The Balaban J connectivity index is 1.70. The lowest BCUT2D eigenvalue weighted by molar-refractivity contribution is 0.260. The predicted molar refractivity (Wildman–Crippen MR) is 93.7 cm³/mol. The molecule has 1 aliphatic rings. The number of methoxy groups -OCH3 is 1. The molecule has 25 heavy (non-hydrogen) atoms. The van der Waals surface area contributed by atoms with Crippen LogP contribution in [0.15, 0.2) is 28.7 Å². The number of benzene rings is 1. The third-order valence-corrected chi connectivity index (χ3v) is 4.34. The Bertz CT molecular complexity index is 738. The molecule has 6 nitrogen and oxygen atoms in total. The van der Waals surface area contributed by atoms with Gasteiger partial charge in [0.1, 0.15) is 17.6 Å². The largest absolute Gasteiger partial charge is 0.497 e. The first-order chi connectivity index (χ1) is 12.1. The van der Waals surface area contributed by atoms with Crippen molar-refractivity contribution < 1.29 is 13.9 Å². The molecule has 0 amide bonds. The summed E-state index contributed by atoms with van der Waals surface area (Å²) in [6.07, 6.45) is 1.19. The molecule has 3 rings (SSSR count). The van der Waals surface area contributed by atoms with Gasteiger partial charge in [-0.1, -0.05) is 13.8 Å². The molecule has 0 saturated carbocycles. The molecular weight excluding hydrogens is 318 g/mol. The molecule has 2 heterocycles. The maximum atomic E-state index is 9.38. The number of anilines is 1. The molecule has 0 radical (unpaired) electrons. The maximum absolute atomic E-state index is 9.38. The Morgan fingerprint density at radius 3 is 2.44 bits per heavy atom. The van der Waals surface area contributed by atoms with Gasteiger partial charge < -0.3 is 18.8 Å². The SMILES string of the molecule is COc1ccc(OCc2nc(C#N)c(N3C[C@H](C)C[C@@H](C)C3)o2)cc1. The molecule has 1 aromatic heterocycles. The highest BCUT2D eigenvalue weighted by Gasteiger charge is 2.27. The Morgan fingerprint density at radius 1 is 1.20 bits per heavy atom. The van der Waals surface area contributed by atoms with Crippen LogP contribution in [-0.2, 0) is 6.61 Å². The predicted octanol–water partition coefficient (Wildman–Crippen LogP) is 3.62. The van der Waals surface area contributed by atoms with Gasteiger partial charge in [-0.2, -0.15) is 10.2 Å². The van der Waals surface area contributed by atoms with Crippen molar-refractivity contribution >= 4 is 5.88 Å². The first-order valence-corrected chi connectivity index (χ1v) is 8.50. The fourth-order valence-electron chi connectivity index (χ4n) is 3.35. The Kier molecular flexibility index (Phi) is 5.13. The van der Waals surface area contributed by atoms with Crippen LogP contribution in [0, 0.1) is 23.2 Å². The summed E-state index contributed by atoms with van der Waals surface area (Å²) in [6, 6.07) is 9.43. The molecule has 1 fully saturated rings. The number of nitrogens with zero attached hydrogens (tertiary/aromatic N) is 3. The number of oxazole rings is 1. The number of nitriles is 1. The van der Waals surface area contributed by atoms with E-state index < -0.39 is 0 Å². The Morgan fingerprint density at radius 2 is 1.84 bits per heavy atom. The second-order valence-electron chi connectivity index (χ2n) is 6.69. The van der Waals surface area contributed by atoms with Crippen LogP contribution >= 0.6 is 0 Å². The summed E-state index contributed by atoms with van der Waals surface area (Å²) >= 11 is 0. The lowest BCUT2D eigenvalue weighted by atomic mass is 9.92. The Labute approximate surface area is 148 Å². The molecule has 132 valence electrons. The minimum absolute atomic E-state index is 0.181. The van der Waals surface area contributed by atoms with E-state index in [-0.39, 0.29) is 6.61 Å². The van der Waals surface area contributed by atoms with Crippen molar-refractivity contribution in [3.05, 3.63) is 35.9 Å². The van der Waals surface area contributed by atoms with Gasteiger partial charge in [0.05, 0.1) is 7.11 Å². The summed E-state index contributed by atoms with van der Waals surface area (Å²) in [5, 5.41) is 9.38. The summed E-state index contributed by atoms with van der Waals surface area (Å²) in [4.78, 5) is 6.41. The summed E-state index contributed by atoms with van der Waals surface area (Å²) < 4.78 is 16.7. The zero-order valence-electron chi connectivity index (χ0n) is 14.9. The zero-order chi connectivity index (χ0) is 17.8. The van der Waals surface area contributed by atoms with Crippen molar-refractivity contribution in [2.45, 2.75) is 26.9 Å². The van der Waals surface area contributed by atoms with E-state index in [1.807, 2.05) is 24.3 Å². The fourth-order valence-corrected chi connectivity index (χ4v) is 3.35. The van der Waals surface area contributed by atoms with Gasteiger partial charge in [0.15, 0.2) is 6.61 Å².